The van der Waals surface area contributed by atoms with Crippen molar-refractivity contribution in [3.8, 4) is 0 Å². The average Bonchev–Trinajstić information content (AvgIpc) is 2.84. The molecule has 0 heteroatoms. The molecule has 0 heterocycles. The number of aryl methyl sites for hydroxylation is 1. The van der Waals surface area contributed by atoms with Gasteiger partial charge in [0.15, 0.2) is 0 Å². The predicted octanol–water partition coefficient (Wildman–Crippen LogP) is 5.05. The van der Waals surface area contributed by atoms with Gasteiger partial charge in [0.25, 0.3) is 0 Å². The summed E-state index contributed by atoms with van der Waals surface area (Å²) < 4.78 is 0. The Kier molecular flexibility index (Phi) is 2.13. The Hall–Kier alpha value is -2.34. The lowest BCUT2D eigenvalue weighted by Crippen LogP contribution is -1.86. The van der Waals surface area contributed by atoms with Crippen molar-refractivity contribution in [2.75, 3.05) is 0 Å². The summed E-state index contributed by atoms with van der Waals surface area (Å²) in [6.45, 7) is 2.18. The first-order chi connectivity index (χ1) is 9.34. The quantitative estimate of drug-likeness (QED) is 0.438. The standard InChI is InChI=1S/C19H14/c1-13-10-11-15-12-18(14-6-3-2-4-7-14)17-9-5-8-16(13)19(15)17/h2-12H,1H3. The molecule has 0 radical (unpaired) electrons. The van der Waals surface area contributed by atoms with E-state index in [1.54, 1.807) is 0 Å². The minimum absolute atomic E-state index is 1.30. The largest absolute Gasteiger partial charge is 0.0622 e. The van der Waals surface area contributed by atoms with Crippen molar-refractivity contribution in [1.29, 1.82) is 0 Å². The van der Waals surface area contributed by atoms with Crippen LogP contribution in [0.2, 0.25) is 0 Å². The SMILES string of the molecule is Cc1ccc2c3c(cccc13)C(c1ccccc1)=C2. The maximum Gasteiger partial charge on any atom is -0.00297 e. The molecular formula is C19H14. The van der Waals surface area contributed by atoms with E-state index in [4.69, 9.17) is 0 Å². The van der Waals surface area contributed by atoms with Gasteiger partial charge in [0.1, 0.15) is 0 Å². The van der Waals surface area contributed by atoms with Gasteiger partial charge in [0, 0.05) is 0 Å². The third-order valence-corrected chi connectivity index (χ3v) is 3.97. The number of benzene rings is 3. The van der Waals surface area contributed by atoms with Gasteiger partial charge in [-0.3, -0.25) is 0 Å². The van der Waals surface area contributed by atoms with Gasteiger partial charge in [-0.1, -0.05) is 60.7 Å². The van der Waals surface area contributed by atoms with Crippen LogP contribution in [0.1, 0.15) is 22.3 Å². The van der Waals surface area contributed by atoms with E-state index in [-0.39, 0.29) is 0 Å². The Balaban J connectivity index is 2.05. The van der Waals surface area contributed by atoms with Crippen LogP contribution in [0.5, 0.6) is 0 Å². The Morgan fingerprint density at radius 3 is 2.42 bits per heavy atom. The van der Waals surface area contributed by atoms with E-state index >= 15 is 0 Å². The third-order valence-electron chi connectivity index (χ3n) is 3.97. The molecule has 0 atom stereocenters. The maximum atomic E-state index is 2.31. The molecule has 0 unspecified atom stereocenters. The number of hydrogen-bond acceptors (Lipinski definition) is 0. The lowest BCUT2D eigenvalue weighted by atomic mass is 9.96. The molecule has 4 rings (SSSR count). The summed E-state index contributed by atoms with van der Waals surface area (Å²) in [4.78, 5) is 0. The lowest BCUT2D eigenvalue weighted by Gasteiger charge is -2.07. The predicted molar refractivity (Wildman–Crippen MR) is 82.1 cm³/mol. The van der Waals surface area contributed by atoms with E-state index in [0.717, 1.165) is 0 Å². The second kappa shape index (κ2) is 3.83. The van der Waals surface area contributed by atoms with Gasteiger partial charge < -0.3 is 0 Å². The molecule has 19 heavy (non-hydrogen) atoms. The van der Waals surface area contributed by atoms with E-state index in [1.807, 2.05) is 0 Å². The zero-order valence-corrected chi connectivity index (χ0v) is 10.9. The normalized spacial score (nSPS) is 12.8. The van der Waals surface area contributed by atoms with Crippen molar-refractivity contribution in [3.63, 3.8) is 0 Å². The topological polar surface area (TPSA) is 0 Å². The summed E-state index contributed by atoms with van der Waals surface area (Å²) in [7, 11) is 0. The highest BCUT2D eigenvalue weighted by Crippen LogP contribution is 2.40. The van der Waals surface area contributed by atoms with Crippen LogP contribution in [-0.4, -0.2) is 0 Å². The lowest BCUT2D eigenvalue weighted by molar-refractivity contribution is 1.52. The van der Waals surface area contributed by atoms with Crippen LogP contribution < -0.4 is 0 Å². The van der Waals surface area contributed by atoms with Crippen LogP contribution in [0.25, 0.3) is 22.4 Å². The Labute approximate surface area is 113 Å². The molecule has 0 N–H and O–H groups in total. The third kappa shape index (κ3) is 1.47. The molecule has 1 aliphatic carbocycles. The molecule has 3 aromatic carbocycles. The molecule has 3 aromatic rings. The summed E-state index contributed by atoms with van der Waals surface area (Å²) in [6.07, 6.45) is 2.31. The van der Waals surface area contributed by atoms with Gasteiger partial charge in [-0.2, -0.15) is 0 Å². The fourth-order valence-electron chi connectivity index (χ4n) is 3.01. The average molecular weight is 242 g/mol. The molecule has 1 aliphatic rings. The van der Waals surface area contributed by atoms with Crippen LogP contribution in [-0.2, 0) is 0 Å². The van der Waals surface area contributed by atoms with Crippen molar-refractivity contribution in [3.05, 3.63) is 82.9 Å². The molecule has 0 bridgehead atoms. The Bertz CT molecular complexity index is 808. The van der Waals surface area contributed by atoms with Crippen molar-refractivity contribution < 1.29 is 0 Å². The summed E-state index contributed by atoms with van der Waals surface area (Å²) in [5, 5.41) is 2.78. The zero-order chi connectivity index (χ0) is 12.8. The molecule has 0 nitrogen and oxygen atoms in total. The van der Waals surface area contributed by atoms with Crippen molar-refractivity contribution in [1.82, 2.24) is 0 Å². The van der Waals surface area contributed by atoms with Crippen LogP contribution >= 0.6 is 0 Å². The van der Waals surface area contributed by atoms with Gasteiger partial charge in [-0.05, 0) is 51.6 Å². The monoisotopic (exact) mass is 242 g/mol. The second-order valence-electron chi connectivity index (χ2n) is 5.12. The van der Waals surface area contributed by atoms with Gasteiger partial charge in [0.2, 0.25) is 0 Å². The van der Waals surface area contributed by atoms with Crippen LogP contribution in [0, 0.1) is 6.92 Å². The fraction of sp³-hybridized carbons (Fsp3) is 0.0526. The highest BCUT2D eigenvalue weighted by atomic mass is 14.2. The molecule has 0 aromatic heterocycles. The highest BCUT2D eigenvalue weighted by molar-refractivity contribution is 6.13. The van der Waals surface area contributed by atoms with E-state index < -0.39 is 0 Å². The molecule has 0 spiro atoms. The maximum absolute atomic E-state index is 2.31. The number of rotatable bonds is 1. The fourth-order valence-corrected chi connectivity index (χ4v) is 3.01. The van der Waals surface area contributed by atoms with E-state index in [0.29, 0.717) is 0 Å². The van der Waals surface area contributed by atoms with Crippen LogP contribution in [0.3, 0.4) is 0 Å². The Morgan fingerprint density at radius 1 is 0.737 bits per heavy atom. The molecule has 0 fully saturated rings. The molecule has 0 saturated carbocycles. The van der Waals surface area contributed by atoms with Crippen molar-refractivity contribution in [2.45, 2.75) is 6.92 Å². The summed E-state index contributed by atoms with van der Waals surface area (Å²) in [5.74, 6) is 0. The Morgan fingerprint density at radius 2 is 1.58 bits per heavy atom. The molecule has 0 aliphatic heterocycles. The van der Waals surface area contributed by atoms with Gasteiger partial charge in [0.05, 0.1) is 0 Å². The zero-order valence-electron chi connectivity index (χ0n) is 10.9. The highest BCUT2D eigenvalue weighted by Gasteiger charge is 2.17. The van der Waals surface area contributed by atoms with E-state index in [9.17, 15) is 0 Å². The van der Waals surface area contributed by atoms with E-state index in [1.165, 1.54) is 38.6 Å². The summed E-state index contributed by atoms with van der Waals surface area (Å²) in [6, 6.07) is 21.7. The first-order valence-corrected chi connectivity index (χ1v) is 6.64. The molecule has 0 amide bonds. The van der Waals surface area contributed by atoms with Crippen molar-refractivity contribution >= 4 is 22.4 Å². The summed E-state index contributed by atoms with van der Waals surface area (Å²) in [5.41, 5.74) is 6.69. The first-order valence-electron chi connectivity index (χ1n) is 6.64. The minimum atomic E-state index is 1.30. The van der Waals surface area contributed by atoms with Gasteiger partial charge in [-0.15, -0.1) is 0 Å². The van der Waals surface area contributed by atoms with Gasteiger partial charge >= 0.3 is 0 Å². The molecule has 90 valence electrons. The molecular weight excluding hydrogens is 228 g/mol. The van der Waals surface area contributed by atoms with E-state index in [2.05, 4.69) is 73.7 Å². The summed E-state index contributed by atoms with van der Waals surface area (Å²) >= 11 is 0. The molecule has 0 saturated heterocycles. The first kappa shape index (κ1) is 10.6. The second-order valence-corrected chi connectivity index (χ2v) is 5.12. The smallest absolute Gasteiger partial charge is 0.00297 e. The minimum Gasteiger partial charge on any atom is -0.0622 e. The number of hydrogen-bond donors (Lipinski definition) is 0. The van der Waals surface area contributed by atoms with Crippen LogP contribution in [0.15, 0.2) is 60.7 Å². The van der Waals surface area contributed by atoms with Crippen molar-refractivity contribution in [2.24, 2.45) is 0 Å². The van der Waals surface area contributed by atoms with Crippen LogP contribution in [0.4, 0.5) is 0 Å². The van der Waals surface area contributed by atoms with Gasteiger partial charge in [-0.25, -0.2) is 0 Å².